The van der Waals surface area contributed by atoms with Crippen molar-refractivity contribution in [1.82, 2.24) is 10.2 Å². The van der Waals surface area contributed by atoms with Crippen LogP contribution in [0.25, 0.3) is 0 Å². The summed E-state index contributed by atoms with van der Waals surface area (Å²) in [4.78, 5) is 2.67. The van der Waals surface area contributed by atoms with Crippen molar-refractivity contribution in [2.24, 2.45) is 0 Å². The lowest BCUT2D eigenvalue weighted by atomic mass is 10.1. The first-order valence-corrected chi connectivity index (χ1v) is 6.91. The smallest absolute Gasteiger partial charge is 0.0731 e. The highest BCUT2D eigenvalue weighted by Crippen LogP contribution is 2.30. The summed E-state index contributed by atoms with van der Waals surface area (Å²) in [5.74, 6) is 0. The molecule has 3 heteroatoms. The van der Waals surface area contributed by atoms with Crippen LogP contribution in [0.3, 0.4) is 0 Å². The van der Waals surface area contributed by atoms with Crippen LogP contribution in [0.15, 0.2) is 0 Å². The fourth-order valence-electron chi connectivity index (χ4n) is 3.11. The largest absolute Gasteiger partial charge is 0.375 e. The number of nitrogens with one attached hydrogen (secondary N) is 1. The molecular weight excluding hydrogens is 200 g/mol. The van der Waals surface area contributed by atoms with E-state index < -0.39 is 0 Å². The van der Waals surface area contributed by atoms with E-state index in [2.05, 4.69) is 24.1 Å². The molecule has 16 heavy (non-hydrogen) atoms. The number of fused-ring (bicyclic) bond motifs is 1. The fourth-order valence-corrected chi connectivity index (χ4v) is 3.11. The van der Waals surface area contributed by atoms with Crippen molar-refractivity contribution in [2.75, 3.05) is 26.2 Å². The Morgan fingerprint density at radius 2 is 2.31 bits per heavy atom. The molecule has 1 aliphatic carbocycles. The lowest BCUT2D eigenvalue weighted by Gasteiger charge is -2.41. The van der Waals surface area contributed by atoms with E-state index in [1.165, 1.54) is 25.7 Å². The van der Waals surface area contributed by atoms with Gasteiger partial charge in [0.2, 0.25) is 0 Å². The maximum atomic E-state index is 5.85. The SMILES string of the molecule is CCCNCC(C)N1CCOC2CCCC21. The molecule has 0 amide bonds. The van der Waals surface area contributed by atoms with Crippen molar-refractivity contribution in [3.05, 3.63) is 0 Å². The molecule has 2 rings (SSSR count). The van der Waals surface area contributed by atoms with E-state index in [4.69, 9.17) is 4.74 Å². The quantitative estimate of drug-likeness (QED) is 0.721. The van der Waals surface area contributed by atoms with Gasteiger partial charge in [0, 0.05) is 25.2 Å². The second-order valence-electron chi connectivity index (χ2n) is 5.20. The van der Waals surface area contributed by atoms with Crippen molar-refractivity contribution in [1.29, 1.82) is 0 Å². The molecule has 1 heterocycles. The van der Waals surface area contributed by atoms with E-state index in [9.17, 15) is 0 Å². The highest BCUT2D eigenvalue weighted by atomic mass is 16.5. The van der Waals surface area contributed by atoms with Crippen molar-refractivity contribution in [2.45, 2.75) is 57.7 Å². The first kappa shape index (κ1) is 12.3. The zero-order chi connectivity index (χ0) is 11.4. The normalized spacial score (nSPS) is 32.6. The van der Waals surface area contributed by atoms with E-state index in [0.717, 1.165) is 26.2 Å². The number of rotatable bonds is 5. The van der Waals surface area contributed by atoms with Gasteiger partial charge in [0.1, 0.15) is 0 Å². The van der Waals surface area contributed by atoms with Gasteiger partial charge in [0.15, 0.2) is 0 Å². The van der Waals surface area contributed by atoms with Crippen molar-refractivity contribution in [3.8, 4) is 0 Å². The Hall–Kier alpha value is -0.120. The van der Waals surface area contributed by atoms with Crippen LogP contribution >= 0.6 is 0 Å². The number of ether oxygens (including phenoxy) is 1. The third kappa shape index (κ3) is 2.76. The van der Waals surface area contributed by atoms with Gasteiger partial charge in [-0.3, -0.25) is 4.90 Å². The second-order valence-corrected chi connectivity index (χ2v) is 5.20. The van der Waals surface area contributed by atoms with Crippen LogP contribution in [0, 0.1) is 0 Å². The van der Waals surface area contributed by atoms with E-state index >= 15 is 0 Å². The topological polar surface area (TPSA) is 24.5 Å². The lowest BCUT2D eigenvalue weighted by Crippen LogP contribution is -2.54. The van der Waals surface area contributed by atoms with Crippen LogP contribution in [0.5, 0.6) is 0 Å². The Balaban J connectivity index is 1.82. The van der Waals surface area contributed by atoms with E-state index in [1.54, 1.807) is 0 Å². The number of morpholine rings is 1. The summed E-state index contributed by atoms with van der Waals surface area (Å²) in [7, 11) is 0. The maximum Gasteiger partial charge on any atom is 0.0731 e. The Labute approximate surface area is 99.5 Å². The molecule has 0 spiro atoms. The predicted octanol–water partition coefficient (Wildman–Crippen LogP) is 1.63. The number of hydrogen-bond donors (Lipinski definition) is 1. The van der Waals surface area contributed by atoms with Gasteiger partial charge in [-0.15, -0.1) is 0 Å². The first-order chi connectivity index (χ1) is 7.83. The molecule has 0 bridgehead atoms. The molecule has 2 aliphatic rings. The summed E-state index contributed by atoms with van der Waals surface area (Å²) in [6.07, 6.45) is 5.71. The molecule has 94 valence electrons. The molecule has 1 N–H and O–H groups in total. The third-order valence-corrected chi connectivity index (χ3v) is 3.96. The Bertz CT molecular complexity index is 210. The molecule has 1 saturated heterocycles. The zero-order valence-corrected chi connectivity index (χ0v) is 10.7. The van der Waals surface area contributed by atoms with Crippen LogP contribution in [0.2, 0.25) is 0 Å². The van der Waals surface area contributed by atoms with Crippen LogP contribution < -0.4 is 5.32 Å². The van der Waals surface area contributed by atoms with Gasteiger partial charge in [-0.25, -0.2) is 0 Å². The number of nitrogens with zero attached hydrogens (tertiary/aromatic N) is 1. The van der Waals surface area contributed by atoms with Gasteiger partial charge < -0.3 is 10.1 Å². The molecule has 3 unspecified atom stereocenters. The minimum absolute atomic E-state index is 0.530. The van der Waals surface area contributed by atoms with Crippen LogP contribution in [0.1, 0.15) is 39.5 Å². The van der Waals surface area contributed by atoms with Crippen molar-refractivity contribution in [3.63, 3.8) is 0 Å². The van der Waals surface area contributed by atoms with Crippen LogP contribution in [0.4, 0.5) is 0 Å². The minimum atomic E-state index is 0.530. The number of hydrogen-bond acceptors (Lipinski definition) is 3. The Morgan fingerprint density at radius 3 is 3.12 bits per heavy atom. The molecular formula is C13H26N2O. The maximum absolute atomic E-state index is 5.85. The monoisotopic (exact) mass is 226 g/mol. The molecule has 1 aliphatic heterocycles. The molecule has 0 aromatic carbocycles. The first-order valence-electron chi connectivity index (χ1n) is 6.91. The average molecular weight is 226 g/mol. The van der Waals surface area contributed by atoms with Crippen LogP contribution in [-0.2, 0) is 4.74 Å². The summed E-state index contributed by atoms with van der Waals surface area (Å²) in [6.45, 7) is 8.89. The zero-order valence-electron chi connectivity index (χ0n) is 10.7. The minimum Gasteiger partial charge on any atom is -0.375 e. The molecule has 3 atom stereocenters. The molecule has 0 aromatic heterocycles. The highest BCUT2D eigenvalue weighted by molar-refractivity contribution is 4.91. The van der Waals surface area contributed by atoms with Gasteiger partial charge in [-0.05, 0) is 39.2 Å². The van der Waals surface area contributed by atoms with E-state index in [-0.39, 0.29) is 0 Å². The standard InChI is InChI=1S/C13H26N2O/c1-3-7-14-10-11(2)15-8-9-16-13-6-4-5-12(13)15/h11-14H,3-10H2,1-2H3. The Morgan fingerprint density at radius 1 is 1.44 bits per heavy atom. The van der Waals surface area contributed by atoms with Gasteiger partial charge in [-0.2, -0.15) is 0 Å². The van der Waals surface area contributed by atoms with Crippen molar-refractivity contribution < 1.29 is 4.74 Å². The summed E-state index contributed by atoms with van der Waals surface area (Å²) in [5.41, 5.74) is 0. The average Bonchev–Trinajstić information content (AvgIpc) is 2.76. The van der Waals surface area contributed by atoms with Crippen LogP contribution in [-0.4, -0.2) is 49.3 Å². The van der Waals surface area contributed by atoms with E-state index in [0.29, 0.717) is 18.2 Å². The molecule has 3 nitrogen and oxygen atoms in total. The van der Waals surface area contributed by atoms with Gasteiger partial charge in [-0.1, -0.05) is 6.92 Å². The van der Waals surface area contributed by atoms with Gasteiger partial charge in [0.05, 0.1) is 12.7 Å². The second kappa shape index (κ2) is 5.99. The summed E-state index contributed by atoms with van der Waals surface area (Å²) >= 11 is 0. The molecule has 2 fully saturated rings. The summed E-state index contributed by atoms with van der Waals surface area (Å²) in [5, 5.41) is 3.53. The van der Waals surface area contributed by atoms with Crippen molar-refractivity contribution >= 4 is 0 Å². The molecule has 0 aromatic rings. The summed E-state index contributed by atoms with van der Waals surface area (Å²) < 4.78 is 5.85. The predicted molar refractivity (Wildman–Crippen MR) is 66.7 cm³/mol. The lowest BCUT2D eigenvalue weighted by molar-refractivity contribution is -0.0687. The van der Waals surface area contributed by atoms with Gasteiger partial charge >= 0.3 is 0 Å². The highest BCUT2D eigenvalue weighted by Gasteiger charge is 2.37. The third-order valence-electron chi connectivity index (χ3n) is 3.96. The van der Waals surface area contributed by atoms with Gasteiger partial charge in [0.25, 0.3) is 0 Å². The molecule has 1 saturated carbocycles. The fraction of sp³-hybridized carbons (Fsp3) is 1.00. The Kier molecular flexibility index (Phi) is 4.62. The molecule has 0 radical (unpaired) electrons. The summed E-state index contributed by atoms with van der Waals surface area (Å²) in [6, 6.07) is 1.35. The van der Waals surface area contributed by atoms with E-state index in [1.807, 2.05) is 0 Å².